The highest BCUT2D eigenvalue weighted by Gasteiger charge is 2.28. The average molecular weight is 489 g/mol. The van der Waals surface area contributed by atoms with Gasteiger partial charge < -0.3 is 20.1 Å². The number of nitrogens with one attached hydrogen (secondary N) is 2. The first-order valence-electron chi connectivity index (χ1n) is 9.61. The highest BCUT2D eigenvalue weighted by molar-refractivity contribution is 9.11. The zero-order valence-electron chi connectivity index (χ0n) is 17.2. The van der Waals surface area contributed by atoms with Crippen molar-refractivity contribution < 1.29 is 23.9 Å². The van der Waals surface area contributed by atoms with Crippen LogP contribution in [-0.4, -0.2) is 37.2 Å². The number of esters is 1. The van der Waals surface area contributed by atoms with Crippen molar-refractivity contribution >= 4 is 33.9 Å². The van der Waals surface area contributed by atoms with Crippen LogP contribution in [0.5, 0.6) is 0 Å². The third-order valence-electron chi connectivity index (χ3n) is 4.33. The molecule has 8 heteroatoms. The number of hydrogen-bond acceptors (Lipinski definition) is 5. The lowest BCUT2D eigenvalue weighted by molar-refractivity contribution is -0.145. The van der Waals surface area contributed by atoms with Gasteiger partial charge >= 0.3 is 12.1 Å². The van der Waals surface area contributed by atoms with Crippen molar-refractivity contribution in [1.82, 2.24) is 10.6 Å². The van der Waals surface area contributed by atoms with Crippen LogP contribution in [0.2, 0.25) is 0 Å². The van der Waals surface area contributed by atoms with Crippen LogP contribution in [0.15, 0.2) is 71.7 Å². The Balaban J connectivity index is 2.08. The Labute approximate surface area is 189 Å². The number of hydrogen-bond donors (Lipinski definition) is 2. The van der Waals surface area contributed by atoms with E-state index in [1.807, 2.05) is 60.7 Å². The average Bonchev–Trinajstić information content (AvgIpc) is 2.77. The van der Waals surface area contributed by atoms with Gasteiger partial charge in [0.25, 0.3) is 0 Å². The summed E-state index contributed by atoms with van der Waals surface area (Å²) in [5, 5.41) is 5.22. The predicted molar refractivity (Wildman–Crippen MR) is 120 cm³/mol. The van der Waals surface area contributed by atoms with Crippen molar-refractivity contribution in [2.24, 2.45) is 0 Å². The van der Waals surface area contributed by atoms with Crippen LogP contribution >= 0.6 is 15.9 Å². The number of ether oxygens (including phenoxy) is 2. The molecule has 2 aromatic carbocycles. The molecule has 0 saturated carbocycles. The zero-order chi connectivity index (χ0) is 22.6. The van der Waals surface area contributed by atoms with E-state index in [1.165, 1.54) is 7.11 Å². The molecule has 0 heterocycles. The molecule has 164 valence electrons. The highest BCUT2D eigenvalue weighted by atomic mass is 79.9. The molecule has 0 saturated heterocycles. The van der Waals surface area contributed by atoms with Crippen LogP contribution in [0.3, 0.4) is 0 Å². The third-order valence-corrected chi connectivity index (χ3v) is 4.66. The lowest BCUT2D eigenvalue weighted by Crippen LogP contribution is -2.52. The van der Waals surface area contributed by atoms with Crippen LogP contribution in [0.1, 0.15) is 17.5 Å². The minimum absolute atomic E-state index is 0.0700. The SMILES string of the molecule is C=C(Br)C[C@@H](NC(=O)[C@H](Cc1ccccc1)NC(=O)OCc1ccccc1)C(=O)OC. The maximum absolute atomic E-state index is 12.9. The second kappa shape index (κ2) is 12.5. The Morgan fingerprint density at radius 3 is 2.06 bits per heavy atom. The summed E-state index contributed by atoms with van der Waals surface area (Å²) in [5.74, 6) is -1.15. The van der Waals surface area contributed by atoms with Crippen molar-refractivity contribution in [3.05, 3.63) is 82.9 Å². The molecule has 0 fully saturated rings. The number of benzene rings is 2. The molecule has 2 aromatic rings. The minimum atomic E-state index is -0.957. The zero-order valence-corrected chi connectivity index (χ0v) is 18.8. The topological polar surface area (TPSA) is 93.7 Å². The van der Waals surface area contributed by atoms with E-state index < -0.39 is 30.1 Å². The Bertz CT molecular complexity index is 889. The van der Waals surface area contributed by atoms with E-state index in [9.17, 15) is 14.4 Å². The van der Waals surface area contributed by atoms with E-state index in [0.29, 0.717) is 4.48 Å². The number of halogens is 1. The van der Waals surface area contributed by atoms with Gasteiger partial charge in [-0.2, -0.15) is 0 Å². The van der Waals surface area contributed by atoms with E-state index in [-0.39, 0.29) is 19.4 Å². The summed E-state index contributed by atoms with van der Waals surface area (Å²) in [4.78, 5) is 37.3. The van der Waals surface area contributed by atoms with Gasteiger partial charge in [0.2, 0.25) is 5.91 Å². The minimum Gasteiger partial charge on any atom is -0.467 e. The maximum atomic E-state index is 12.9. The number of alkyl carbamates (subject to hydrolysis) is 1. The summed E-state index contributed by atoms with van der Waals surface area (Å²) in [6, 6.07) is 16.5. The van der Waals surface area contributed by atoms with Crippen molar-refractivity contribution in [2.45, 2.75) is 31.5 Å². The highest BCUT2D eigenvalue weighted by Crippen LogP contribution is 2.12. The van der Waals surface area contributed by atoms with Gasteiger partial charge in [-0.25, -0.2) is 9.59 Å². The van der Waals surface area contributed by atoms with E-state index in [0.717, 1.165) is 11.1 Å². The summed E-state index contributed by atoms with van der Waals surface area (Å²) in [6.07, 6.45) is -0.370. The number of rotatable bonds is 10. The molecule has 0 unspecified atom stereocenters. The molecule has 0 bridgehead atoms. The van der Waals surface area contributed by atoms with Crippen molar-refractivity contribution in [1.29, 1.82) is 0 Å². The van der Waals surface area contributed by atoms with Crippen LogP contribution in [0.25, 0.3) is 0 Å². The van der Waals surface area contributed by atoms with Gasteiger partial charge in [-0.3, -0.25) is 4.79 Å². The fraction of sp³-hybridized carbons (Fsp3) is 0.261. The van der Waals surface area contributed by atoms with E-state index in [2.05, 4.69) is 33.1 Å². The Hall–Kier alpha value is -3.13. The molecular formula is C23H25BrN2O5. The predicted octanol–water partition coefficient (Wildman–Crippen LogP) is 3.48. The van der Waals surface area contributed by atoms with Gasteiger partial charge in [0, 0.05) is 12.8 Å². The smallest absolute Gasteiger partial charge is 0.408 e. The Morgan fingerprint density at radius 1 is 0.935 bits per heavy atom. The molecule has 2 rings (SSSR count). The second-order valence-corrected chi connectivity index (χ2v) is 7.88. The summed E-state index contributed by atoms with van der Waals surface area (Å²) in [6.45, 7) is 3.77. The van der Waals surface area contributed by atoms with Gasteiger partial charge in [0.05, 0.1) is 7.11 Å². The standard InChI is InChI=1S/C23H25BrN2O5/c1-16(24)13-20(22(28)30-2)25-21(27)19(14-17-9-5-3-6-10-17)26-23(29)31-15-18-11-7-4-8-12-18/h3-12,19-20H,1,13-15H2,2H3,(H,25,27)(H,26,29)/t19-,20+/m0/s1. The van der Waals surface area contributed by atoms with Crippen LogP contribution < -0.4 is 10.6 Å². The van der Waals surface area contributed by atoms with Crippen LogP contribution in [0, 0.1) is 0 Å². The fourth-order valence-corrected chi connectivity index (χ4v) is 3.12. The lowest BCUT2D eigenvalue weighted by Gasteiger charge is -2.22. The van der Waals surface area contributed by atoms with Gasteiger partial charge in [0.15, 0.2) is 0 Å². The lowest BCUT2D eigenvalue weighted by atomic mass is 10.0. The van der Waals surface area contributed by atoms with Crippen molar-refractivity contribution in [2.75, 3.05) is 7.11 Å². The summed E-state index contributed by atoms with van der Waals surface area (Å²) < 4.78 is 10.5. The number of carbonyl (C=O) groups is 3. The molecule has 7 nitrogen and oxygen atoms in total. The van der Waals surface area contributed by atoms with Crippen molar-refractivity contribution in [3.63, 3.8) is 0 Å². The van der Waals surface area contributed by atoms with E-state index in [4.69, 9.17) is 9.47 Å². The largest absolute Gasteiger partial charge is 0.467 e. The molecule has 0 aromatic heterocycles. The van der Waals surface area contributed by atoms with Gasteiger partial charge in [0.1, 0.15) is 18.7 Å². The van der Waals surface area contributed by atoms with E-state index in [1.54, 1.807) is 0 Å². The van der Waals surface area contributed by atoms with Crippen LogP contribution in [-0.2, 0) is 32.1 Å². The molecule has 2 amide bonds. The second-order valence-electron chi connectivity index (χ2n) is 6.75. The van der Waals surface area contributed by atoms with Crippen LogP contribution in [0.4, 0.5) is 4.79 Å². The molecular weight excluding hydrogens is 464 g/mol. The molecule has 2 atom stereocenters. The normalized spacial score (nSPS) is 12.2. The first-order valence-corrected chi connectivity index (χ1v) is 10.4. The fourth-order valence-electron chi connectivity index (χ4n) is 2.80. The molecule has 0 spiro atoms. The number of amides is 2. The summed E-state index contributed by atoms with van der Waals surface area (Å²) in [5.41, 5.74) is 1.66. The molecule has 0 aliphatic carbocycles. The monoisotopic (exact) mass is 488 g/mol. The Kier molecular flexibility index (Phi) is 9.77. The van der Waals surface area contributed by atoms with Crippen molar-refractivity contribution in [3.8, 4) is 0 Å². The van der Waals surface area contributed by atoms with Gasteiger partial charge in [-0.1, -0.05) is 83.2 Å². The summed E-state index contributed by atoms with van der Waals surface area (Å²) in [7, 11) is 1.24. The van der Waals surface area contributed by atoms with Gasteiger partial charge in [-0.15, -0.1) is 0 Å². The number of methoxy groups -OCH3 is 1. The quantitative estimate of drug-likeness (QED) is 0.499. The first-order chi connectivity index (χ1) is 14.9. The molecule has 31 heavy (non-hydrogen) atoms. The van der Waals surface area contributed by atoms with Gasteiger partial charge in [-0.05, 0) is 15.6 Å². The maximum Gasteiger partial charge on any atom is 0.408 e. The molecule has 0 radical (unpaired) electrons. The first kappa shape index (κ1) is 24.1. The number of carbonyl (C=O) groups excluding carboxylic acids is 3. The summed E-state index contributed by atoms with van der Waals surface area (Å²) >= 11 is 3.19. The third kappa shape index (κ3) is 8.64. The Morgan fingerprint density at radius 2 is 1.52 bits per heavy atom. The van der Waals surface area contributed by atoms with E-state index >= 15 is 0 Å². The molecule has 0 aliphatic rings. The molecule has 0 aliphatic heterocycles. The molecule has 2 N–H and O–H groups in total.